The van der Waals surface area contributed by atoms with Crippen molar-refractivity contribution in [2.45, 2.75) is 13.8 Å². The molecule has 0 fully saturated rings. The van der Waals surface area contributed by atoms with Gasteiger partial charge in [0.15, 0.2) is 0 Å². The minimum Gasteiger partial charge on any atom is -0.145 e. The van der Waals surface area contributed by atoms with Crippen molar-refractivity contribution in [3.63, 3.8) is 0 Å². The van der Waals surface area contributed by atoms with Gasteiger partial charge < -0.3 is 0 Å². The van der Waals surface area contributed by atoms with Crippen molar-refractivity contribution in [2.24, 2.45) is 0 Å². The molecule has 0 aliphatic carbocycles. The summed E-state index contributed by atoms with van der Waals surface area (Å²) in [5.74, 6) is 0. The smallest absolute Gasteiger partial charge is 0.00893 e. The van der Waals surface area contributed by atoms with E-state index < -0.39 is 0 Å². The monoisotopic (exact) mass is 164 g/mol. The highest BCUT2D eigenvalue weighted by Crippen LogP contribution is 2.21. The topological polar surface area (TPSA) is 0 Å². The lowest BCUT2D eigenvalue weighted by molar-refractivity contribution is 1.57. The molecule has 1 heterocycles. The first-order valence-electron chi connectivity index (χ1n) is 3.60. The normalized spacial score (nSPS) is 10.7. The van der Waals surface area contributed by atoms with Gasteiger partial charge in [-0.2, -0.15) is 0 Å². The van der Waals surface area contributed by atoms with Gasteiger partial charge in [-0.3, -0.25) is 0 Å². The summed E-state index contributed by atoms with van der Waals surface area (Å²) < 4.78 is 0. The first kappa shape index (κ1) is 8.28. The van der Waals surface area contributed by atoms with E-state index in [9.17, 15) is 0 Å². The first-order chi connectivity index (χ1) is 5.24. The molecule has 1 aromatic heterocycles. The predicted octanol–water partition coefficient (Wildman–Crippen LogP) is 3.56. The largest absolute Gasteiger partial charge is 0.145 e. The van der Waals surface area contributed by atoms with Gasteiger partial charge in [-0.05, 0) is 25.5 Å². The quantitative estimate of drug-likeness (QED) is 0.586. The summed E-state index contributed by atoms with van der Waals surface area (Å²) in [7, 11) is 0. The van der Waals surface area contributed by atoms with E-state index in [1.54, 1.807) is 6.08 Å². The lowest BCUT2D eigenvalue weighted by Crippen LogP contribution is -1.65. The summed E-state index contributed by atoms with van der Waals surface area (Å²) in [5.41, 5.74) is 1.31. The van der Waals surface area contributed by atoms with Gasteiger partial charge in [0.1, 0.15) is 0 Å². The van der Waals surface area contributed by atoms with Crippen LogP contribution in [0, 0.1) is 13.8 Å². The van der Waals surface area contributed by atoms with Gasteiger partial charge in [-0.15, -0.1) is 11.3 Å². The van der Waals surface area contributed by atoms with Crippen LogP contribution in [-0.4, -0.2) is 0 Å². The molecular weight excluding hydrogens is 152 g/mol. The maximum Gasteiger partial charge on any atom is 0.00893 e. The second-order valence-electron chi connectivity index (χ2n) is 2.46. The Balaban J connectivity index is 2.93. The van der Waals surface area contributed by atoms with Crippen molar-refractivity contribution in [3.8, 4) is 0 Å². The maximum absolute atomic E-state index is 3.63. The summed E-state index contributed by atoms with van der Waals surface area (Å²) in [6.45, 7) is 7.90. The van der Waals surface area contributed by atoms with Crippen molar-refractivity contribution in [2.75, 3.05) is 0 Å². The van der Waals surface area contributed by atoms with Crippen LogP contribution >= 0.6 is 11.3 Å². The lowest BCUT2D eigenvalue weighted by Gasteiger charge is -1.85. The minimum absolute atomic E-state index is 1.31. The van der Waals surface area contributed by atoms with E-state index in [1.807, 2.05) is 17.4 Å². The van der Waals surface area contributed by atoms with E-state index in [-0.39, 0.29) is 0 Å². The average molecular weight is 164 g/mol. The lowest BCUT2D eigenvalue weighted by atomic mass is 10.2. The summed E-state index contributed by atoms with van der Waals surface area (Å²) in [5, 5.41) is 0. The molecule has 0 amide bonds. The second-order valence-corrected chi connectivity index (χ2v) is 3.92. The molecular formula is C10H12S. The average Bonchev–Trinajstić information content (AvgIpc) is 2.26. The minimum atomic E-state index is 1.31. The molecule has 58 valence electrons. The van der Waals surface area contributed by atoms with Gasteiger partial charge in [-0.1, -0.05) is 24.8 Å². The molecule has 0 N–H and O–H groups in total. The highest BCUT2D eigenvalue weighted by atomic mass is 32.1. The number of rotatable bonds is 2. The highest BCUT2D eigenvalue weighted by molar-refractivity contribution is 7.12. The van der Waals surface area contributed by atoms with Gasteiger partial charge in [0.05, 0.1) is 0 Å². The van der Waals surface area contributed by atoms with Crippen molar-refractivity contribution in [1.82, 2.24) is 0 Å². The molecule has 11 heavy (non-hydrogen) atoms. The van der Waals surface area contributed by atoms with E-state index in [0.717, 1.165) is 0 Å². The second kappa shape index (κ2) is 3.54. The Bertz CT molecular complexity index is 279. The Hall–Kier alpha value is -0.820. The summed E-state index contributed by atoms with van der Waals surface area (Å²) in [6.07, 6.45) is 5.85. The van der Waals surface area contributed by atoms with Crippen LogP contribution < -0.4 is 0 Å². The molecule has 0 aliphatic rings. The molecule has 1 aromatic rings. The zero-order valence-corrected chi connectivity index (χ0v) is 7.74. The fraction of sp³-hybridized carbons (Fsp3) is 0.200. The SMILES string of the molecule is C=C/C=C\c1cc(C)sc1C. The number of aryl methyl sites for hydroxylation is 2. The van der Waals surface area contributed by atoms with Crippen molar-refractivity contribution >= 4 is 17.4 Å². The van der Waals surface area contributed by atoms with Crippen molar-refractivity contribution < 1.29 is 0 Å². The Labute approximate surface area is 71.9 Å². The van der Waals surface area contributed by atoms with E-state index in [4.69, 9.17) is 0 Å². The van der Waals surface area contributed by atoms with Crippen LogP contribution in [0.1, 0.15) is 15.3 Å². The molecule has 0 aliphatic heterocycles. The summed E-state index contributed by atoms with van der Waals surface area (Å²) in [4.78, 5) is 2.74. The molecule has 1 heteroatoms. The van der Waals surface area contributed by atoms with Crippen molar-refractivity contribution in [3.05, 3.63) is 40.1 Å². The van der Waals surface area contributed by atoms with Crippen LogP contribution in [0.4, 0.5) is 0 Å². The Morgan fingerprint density at radius 3 is 2.64 bits per heavy atom. The molecule has 0 bridgehead atoms. The van der Waals surface area contributed by atoms with Crippen LogP contribution in [0.5, 0.6) is 0 Å². The van der Waals surface area contributed by atoms with Gasteiger partial charge in [0, 0.05) is 9.75 Å². The predicted molar refractivity (Wildman–Crippen MR) is 53.0 cm³/mol. The van der Waals surface area contributed by atoms with Gasteiger partial charge in [-0.25, -0.2) is 0 Å². The molecule has 0 aromatic carbocycles. The number of thiophene rings is 1. The van der Waals surface area contributed by atoms with Crippen LogP contribution in [0.25, 0.3) is 6.08 Å². The zero-order chi connectivity index (χ0) is 8.27. The third-order valence-electron chi connectivity index (χ3n) is 1.49. The molecule has 0 spiro atoms. The number of hydrogen-bond donors (Lipinski definition) is 0. The maximum atomic E-state index is 3.63. The number of hydrogen-bond acceptors (Lipinski definition) is 1. The fourth-order valence-electron chi connectivity index (χ4n) is 0.988. The van der Waals surface area contributed by atoms with Crippen LogP contribution in [-0.2, 0) is 0 Å². The number of allylic oxidation sites excluding steroid dienone is 2. The standard InChI is InChI=1S/C10H12S/c1-4-5-6-10-7-8(2)11-9(10)3/h4-7H,1H2,2-3H3/b6-5-. The van der Waals surface area contributed by atoms with Gasteiger partial charge in [0.2, 0.25) is 0 Å². The van der Waals surface area contributed by atoms with Crippen LogP contribution in [0.3, 0.4) is 0 Å². The molecule has 0 nitrogen and oxygen atoms in total. The highest BCUT2D eigenvalue weighted by Gasteiger charge is 1.96. The molecule has 1 rings (SSSR count). The first-order valence-corrected chi connectivity index (χ1v) is 4.42. The third kappa shape index (κ3) is 2.05. The molecule has 0 unspecified atom stereocenters. The summed E-state index contributed by atoms with van der Waals surface area (Å²) >= 11 is 1.83. The molecule has 0 saturated carbocycles. The van der Waals surface area contributed by atoms with Crippen molar-refractivity contribution in [1.29, 1.82) is 0 Å². The summed E-state index contributed by atoms with van der Waals surface area (Å²) in [6, 6.07) is 2.19. The molecule has 0 radical (unpaired) electrons. The Kier molecular flexibility index (Phi) is 2.66. The van der Waals surface area contributed by atoms with Gasteiger partial charge >= 0.3 is 0 Å². The van der Waals surface area contributed by atoms with E-state index in [2.05, 4.69) is 32.6 Å². The van der Waals surface area contributed by atoms with E-state index in [1.165, 1.54) is 15.3 Å². The Morgan fingerprint density at radius 2 is 2.18 bits per heavy atom. The molecule has 0 atom stereocenters. The zero-order valence-electron chi connectivity index (χ0n) is 6.92. The fourth-order valence-corrected chi connectivity index (χ4v) is 1.90. The van der Waals surface area contributed by atoms with E-state index >= 15 is 0 Å². The molecule has 0 saturated heterocycles. The third-order valence-corrected chi connectivity index (χ3v) is 2.47. The van der Waals surface area contributed by atoms with E-state index in [0.29, 0.717) is 0 Å². The van der Waals surface area contributed by atoms with Crippen LogP contribution in [0.2, 0.25) is 0 Å². The Morgan fingerprint density at radius 1 is 1.45 bits per heavy atom. The van der Waals surface area contributed by atoms with Crippen LogP contribution in [0.15, 0.2) is 24.8 Å². The van der Waals surface area contributed by atoms with Gasteiger partial charge in [0.25, 0.3) is 0 Å².